The number of carbonyl (C=O) groups excluding carboxylic acids is 1. The van der Waals surface area contributed by atoms with Crippen LogP contribution in [0.1, 0.15) is 5.56 Å². The Labute approximate surface area is 139 Å². The molecule has 0 saturated heterocycles. The number of ether oxygens (including phenoxy) is 1. The second kappa shape index (κ2) is 6.91. The van der Waals surface area contributed by atoms with Gasteiger partial charge in [0.2, 0.25) is 0 Å². The summed E-state index contributed by atoms with van der Waals surface area (Å²) < 4.78 is 5.10. The third-order valence-corrected chi connectivity index (χ3v) is 3.73. The Hall–Kier alpha value is -3.21. The van der Waals surface area contributed by atoms with Gasteiger partial charge < -0.3 is 20.5 Å². The molecule has 0 atom stereocenters. The van der Waals surface area contributed by atoms with Crippen LogP contribution in [-0.2, 0) is 6.54 Å². The average Bonchev–Trinajstić information content (AvgIpc) is 2.61. The molecule has 24 heavy (non-hydrogen) atoms. The highest BCUT2D eigenvalue weighted by Gasteiger charge is 2.06. The van der Waals surface area contributed by atoms with E-state index in [0.717, 1.165) is 22.1 Å². The van der Waals surface area contributed by atoms with Crippen molar-refractivity contribution >= 4 is 22.5 Å². The van der Waals surface area contributed by atoms with Gasteiger partial charge in [0.05, 0.1) is 12.8 Å². The van der Waals surface area contributed by atoms with E-state index >= 15 is 0 Å². The van der Waals surface area contributed by atoms with Crippen LogP contribution in [0.3, 0.4) is 0 Å². The van der Waals surface area contributed by atoms with Crippen LogP contribution in [0.15, 0.2) is 60.7 Å². The first kappa shape index (κ1) is 15.7. The van der Waals surface area contributed by atoms with Crippen molar-refractivity contribution in [3.05, 3.63) is 66.2 Å². The van der Waals surface area contributed by atoms with Gasteiger partial charge in [-0.15, -0.1) is 0 Å². The van der Waals surface area contributed by atoms with Crippen LogP contribution in [0, 0.1) is 0 Å². The summed E-state index contributed by atoms with van der Waals surface area (Å²) in [4.78, 5) is 12.1. The smallest absolute Gasteiger partial charge is 0.319 e. The molecule has 0 aliphatic rings. The molecular weight excluding hydrogens is 304 g/mol. The van der Waals surface area contributed by atoms with Crippen LogP contribution in [0.25, 0.3) is 10.8 Å². The molecule has 3 aromatic rings. The number of hydrogen-bond acceptors (Lipinski definition) is 3. The van der Waals surface area contributed by atoms with Gasteiger partial charge in [0.1, 0.15) is 11.5 Å². The first-order valence-corrected chi connectivity index (χ1v) is 7.55. The number of carbonyl (C=O) groups is 1. The summed E-state index contributed by atoms with van der Waals surface area (Å²) >= 11 is 0. The third kappa shape index (κ3) is 3.57. The molecule has 5 nitrogen and oxygen atoms in total. The number of amides is 2. The molecule has 0 aliphatic heterocycles. The molecular formula is C19H18N2O3. The number of phenols is 1. The first-order chi connectivity index (χ1) is 11.7. The van der Waals surface area contributed by atoms with E-state index in [0.29, 0.717) is 12.2 Å². The number of rotatable bonds is 4. The maximum Gasteiger partial charge on any atom is 0.319 e. The second-order valence-electron chi connectivity index (χ2n) is 5.37. The number of aromatic hydroxyl groups is 1. The summed E-state index contributed by atoms with van der Waals surface area (Å²) in [5.41, 5.74) is 1.62. The highest BCUT2D eigenvalue weighted by Crippen LogP contribution is 2.26. The van der Waals surface area contributed by atoms with E-state index in [4.69, 9.17) is 4.74 Å². The molecule has 0 unspecified atom stereocenters. The van der Waals surface area contributed by atoms with Gasteiger partial charge in [-0.25, -0.2) is 4.79 Å². The van der Waals surface area contributed by atoms with Crippen LogP contribution in [-0.4, -0.2) is 18.2 Å². The molecule has 0 aliphatic carbocycles. The number of anilines is 1. The molecule has 0 saturated carbocycles. The average molecular weight is 322 g/mol. The molecule has 3 N–H and O–H groups in total. The lowest BCUT2D eigenvalue weighted by molar-refractivity contribution is 0.252. The van der Waals surface area contributed by atoms with E-state index in [1.807, 2.05) is 42.5 Å². The Bertz CT molecular complexity index is 860. The number of fused-ring (bicyclic) bond motifs is 1. The Kier molecular flexibility index (Phi) is 4.52. The molecule has 3 aromatic carbocycles. The third-order valence-electron chi connectivity index (χ3n) is 3.73. The zero-order valence-electron chi connectivity index (χ0n) is 13.2. The second-order valence-corrected chi connectivity index (χ2v) is 5.37. The molecule has 5 heteroatoms. The molecule has 0 fully saturated rings. The molecule has 2 amide bonds. The highest BCUT2D eigenvalue weighted by molar-refractivity contribution is 6.02. The lowest BCUT2D eigenvalue weighted by Gasteiger charge is -2.11. The van der Waals surface area contributed by atoms with E-state index in [2.05, 4.69) is 10.6 Å². The fraction of sp³-hybridized carbons (Fsp3) is 0.105. The molecule has 0 aromatic heterocycles. The van der Waals surface area contributed by atoms with E-state index in [1.165, 1.54) is 0 Å². The minimum absolute atomic E-state index is 0.162. The number of nitrogens with one attached hydrogen (secondary N) is 2. The number of urea groups is 1. The molecule has 122 valence electrons. The maximum absolute atomic E-state index is 12.1. The quantitative estimate of drug-likeness (QED) is 0.683. The summed E-state index contributed by atoms with van der Waals surface area (Å²) in [7, 11) is 1.61. The normalized spacial score (nSPS) is 10.4. The SMILES string of the molecule is COc1ccc(CNC(=O)Nc2cccc3ccc(O)cc23)cc1. The number of phenolic OH excluding ortho intramolecular Hbond substituents is 1. The zero-order chi connectivity index (χ0) is 16.9. The molecule has 0 heterocycles. The fourth-order valence-electron chi connectivity index (χ4n) is 2.46. The summed E-state index contributed by atoms with van der Waals surface area (Å²) in [5, 5.41) is 17.0. The van der Waals surface area contributed by atoms with E-state index in [1.54, 1.807) is 25.3 Å². The topological polar surface area (TPSA) is 70.6 Å². The van der Waals surface area contributed by atoms with Gasteiger partial charge in [0.15, 0.2) is 0 Å². The van der Waals surface area contributed by atoms with E-state index in [-0.39, 0.29) is 11.8 Å². The predicted octanol–water partition coefficient (Wildman–Crippen LogP) is 3.88. The van der Waals surface area contributed by atoms with Crippen LogP contribution >= 0.6 is 0 Å². The van der Waals surface area contributed by atoms with E-state index < -0.39 is 0 Å². The first-order valence-electron chi connectivity index (χ1n) is 7.55. The molecule has 0 spiro atoms. The minimum Gasteiger partial charge on any atom is -0.508 e. The lowest BCUT2D eigenvalue weighted by Crippen LogP contribution is -2.28. The van der Waals surface area contributed by atoms with Gasteiger partial charge in [-0.3, -0.25) is 0 Å². The Balaban J connectivity index is 1.67. The van der Waals surface area contributed by atoms with Crippen molar-refractivity contribution in [1.29, 1.82) is 0 Å². The summed E-state index contributed by atoms with van der Waals surface area (Å²) in [6.07, 6.45) is 0. The minimum atomic E-state index is -0.304. The van der Waals surface area contributed by atoms with Crippen LogP contribution in [0.5, 0.6) is 11.5 Å². The van der Waals surface area contributed by atoms with Crippen molar-refractivity contribution in [2.45, 2.75) is 6.54 Å². The van der Waals surface area contributed by atoms with Gasteiger partial charge in [-0.05, 0) is 41.3 Å². The van der Waals surface area contributed by atoms with Gasteiger partial charge in [0, 0.05) is 11.9 Å². The fourth-order valence-corrected chi connectivity index (χ4v) is 2.46. The maximum atomic E-state index is 12.1. The van der Waals surface area contributed by atoms with Crippen molar-refractivity contribution in [3.63, 3.8) is 0 Å². The summed E-state index contributed by atoms with van der Waals surface area (Å²) in [5.74, 6) is 0.939. The molecule has 0 bridgehead atoms. The number of hydrogen-bond donors (Lipinski definition) is 3. The standard InChI is InChI=1S/C19H18N2O3/c1-24-16-9-5-13(6-10-16)12-20-19(23)21-18-4-2-3-14-7-8-15(22)11-17(14)18/h2-11,22H,12H2,1H3,(H2,20,21,23). The Morgan fingerprint density at radius 2 is 1.88 bits per heavy atom. The van der Waals surface area contributed by atoms with Gasteiger partial charge in [-0.2, -0.15) is 0 Å². The van der Waals surface area contributed by atoms with Crippen molar-refractivity contribution in [2.24, 2.45) is 0 Å². The van der Waals surface area contributed by atoms with Crippen molar-refractivity contribution in [3.8, 4) is 11.5 Å². The van der Waals surface area contributed by atoms with Gasteiger partial charge in [0.25, 0.3) is 0 Å². The van der Waals surface area contributed by atoms with Crippen LogP contribution in [0.2, 0.25) is 0 Å². The number of benzene rings is 3. The lowest BCUT2D eigenvalue weighted by atomic mass is 10.1. The molecule has 3 rings (SSSR count). The van der Waals surface area contributed by atoms with Crippen LogP contribution in [0.4, 0.5) is 10.5 Å². The Morgan fingerprint density at radius 1 is 1.08 bits per heavy atom. The summed E-state index contributed by atoms with van der Waals surface area (Å²) in [6, 6.07) is 17.8. The van der Waals surface area contributed by atoms with E-state index in [9.17, 15) is 9.90 Å². The van der Waals surface area contributed by atoms with Crippen LogP contribution < -0.4 is 15.4 Å². The monoisotopic (exact) mass is 322 g/mol. The Morgan fingerprint density at radius 3 is 2.62 bits per heavy atom. The van der Waals surface area contributed by atoms with Gasteiger partial charge in [-0.1, -0.05) is 30.3 Å². The predicted molar refractivity (Wildman–Crippen MR) is 94.5 cm³/mol. The van der Waals surface area contributed by atoms with Crippen molar-refractivity contribution < 1.29 is 14.6 Å². The van der Waals surface area contributed by atoms with Crippen molar-refractivity contribution in [2.75, 3.05) is 12.4 Å². The zero-order valence-corrected chi connectivity index (χ0v) is 13.2. The summed E-state index contributed by atoms with van der Waals surface area (Å²) in [6.45, 7) is 0.409. The number of methoxy groups -OCH3 is 1. The highest BCUT2D eigenvalue weighted by atomic mass is 16.5. The largest absolute Gasteiger partial charge is 0.508 e. The van der Waals surface area contributed by atoms with Gasteiger partial charge >= 0.3 is 6.03 Å². The van der Waals surface area contributed by atoms with Crippen molar-refractivity contribution in [1.82, 2.24) is 5.32 Å². The molecule has 0 radical (unpaired) electrons.